The van der Waals surface area contributed by atoms with E-state index in [4.69, 9.17) is 0 Å². The highest BCUT2D eigenvalue weighted by Crippen LogP contribution is 2.34. The van der Waals surface area contributed by atoms with E-state index < -0.39 is 5.60 Å². The lowest BCUT2D eigenvalue weighted by Gasteiger charge is -2.43. The summed E-state index contributed by atoms with van der Waals surface area (Å²) >= 11 is 0. The second kappa shape index (κ2) is 3.82. The van der Waals surface area contributed by atoms with Crippen LogP contribution in [0.4, 0.5) is 0 Å². The van der Waals surface area contributed by atoms with Crippen LogP contribution in [0, 0.1) is 11.8 Å². The third kappa shape index (κ3) is 2.71. The molecular weight excluding hydrogens is 174 g/mol. The molecule has 2 heteroatoms. The molecule has 1 aliphatic heterocycles. The van der Waals surface area contributed by atoms with E-state index in [2.05, 4.69) is 4.90 Å². The van der Waals surface area contributed by atoms with Crippen LogP contribution in [0.2, 0.25) is 0 Å². The normalized spacial score (nSPS) is 34.5. The van der Waals surface area contributed by atoms with Crippen LogP contribution in [0.15, 0.2) is 0 Å². The molecule has 1 heterocycles. The molecule has 0 aromatic heterocycles. The Morgan fingerprint density at radius 3 is 2.29 bits per heavy atom. The van der Waals surface area contributed by atoms with Gasteiger partial charge in [-0.15, -0.1) is 0 Å². The summed E-state index contributed by atoms with van der Waals surface area (Å²) in [5.74, 6) is 1.84. The first-order valence-corrected chi connectivity index (χ1v) is 5.98. The Morgan fingerprint density at radius 1 is 1.21 bits per heavy atom. The van der Waals surface area contributed by atoms with E-state index in [0.29, 0.717) is 0 Å². The second-order valence-corrected chi connectivity index (χ2v) is 5.91. The molecule has 0 aromatic rings. The van der Waals surface area contributed by atoms with Crippen LogP contribution >= 0.6 is 0 Å². The molecule has 2 unspecified atom stereocenters. The van der Waals surface area contributed by atoms with Gasteiger partial charge in [0.25, 0.3) is 0 Å². The molecule has 2 atom stereocenters. The topological polar surface area (TPSA) is 23.5 Å². The van der Waals surface area contributed by atoms with E-state index in [-0.39, 0.29) is 0 Å². The van der Waals surface area contributed by atoms with Crippen molar-refractivity contribution in [2.24, 2.45) is 11.8 Å². The Kier molecular flexibility index (Phi) is 2.85. The van der Waals surface area contributed by atoms with Gasteiger partial charge in [0.05, 0.1) is 5.60 Å². The third-order valence-electron chi connectivity index (χ3n) is 3.53. The van der Waals surface area contributed by atoms with Crippen LogP contribution in [0.5, 0.6) is 0 Å². The van der Waals surface area contributed by atoms with Crippen LogP contribution in [-0.4, -0.2) is 35.2 Å². The van der Waals surface area contributed by atoms with Crippen LogP contribution in [0.3, 0.4) is 0 Å². The molecule has 1 saturated carbocycles. The number of rotatable bonds is 2. The fourth-order valence-corrected chi connectivity index (χ4v) is 3.22. The lowest BCUT2D eigenvalue weighted by Crippen LogP contribution is -2.48. The van der Waals surface area contributed by atoms with Gasteiger partial charge in [-0.3, -0.25) is 4.90 Å². The Balaban J connectivity index is 1.89. The van der Waals surface area contributed by atoms with Crippen LogP contribution < -0.4 is 0 Å². The standard InChI is InChI=1S/C12H23NO/c1-12(2,14)9-13-7-10-4-3-5-11(6-10)8-13/h10-11,14H,3-9H2,1-2H3. The molecule has 2 rings (SSSR count). The van der Waals surface area contributed by atoms with E-state index in [9.17, 15) is 5.11 Å². The van der Waals surface area contributed by atoms with Gasteiger partial charge >= 0.3 is 0 Å². The zero-order valence-electron chi connectivity index (χ0n) is 9.50. The maximum atomic E-state index is 9.79. The molecule has 2 bridgehead atoms. The summed E-state index contributed by atoms with van der Waals surface area (Å²) in [4.78, 5) is 2.47. The molecule has 0 radical (unpaired) electrons. The van der Waals surface area contributed by atoms with E-state index in [1.54, 1.807) is 0 Å². The molecule has 0 amide bonds. The monoisotopic (exact) mass is 197 g/mol. The smallest absolute Gasteiger partial charge is 0.0718 e. The molecule has 2 nitrogen and oxygen atoms in total. The minimum atomic E-state index is -0.522. The van der Waals surface area contributed by atoms with Gasteiger partial charge in [0.1, 0.15) is 0 Å². The Morgan fingerprint density at radius 2 is 1.79 bits per heavy atom. The lowest BCUT2D eigenvalue weighted by atomic mass is 9.77. The molecule has 1 aliphatic carbocycles. The van der Waals surface area contributed by atoms with Crippen molar-refractivity contribution in [3.63, 3.8) is 0 Å². The van der Waals surface area contributed by atoms with Gasteiger partial charge in [-0.05, 0) is 44.9 Å². The number of aliphatic hydroxyl groups is 1. The second-order valence-electron chi connectivity index (χ2n) is 5.91. The molecule has 0 aromatic carbocycles. The fraction of sp³-hybridized carbons (Fsp3) is 1.00. The Hall–Kier alpha value is -0.0800. The number of hydrogen-bond acceptors (Lipinski definition) is 2. The zero-order valence-corrected chi connectivity index (χ0v) is 9.50. The summed E-state index contributed by atoms with van der Waals surface area (Å²) in [6, 6.07) is 0. The van der Waals surface area contributed by atoms with Gasteiger partial charge in [0.2, 0.25) is 0 Å². The number of likely N-dealkylation sites (tertiary alicyclic amines) is 1. The van der Waals surface area contributed by atoms with Crippen molar-refractivity contribution in [3.05, 3.63) is 0 Å². The van der Waals surface area contributed by atoms with Gasteiger partial charge in [-0.1, -0.05) is 6.42 Å². The minimum absolute atomic E-state index is 0.522. The number of hydrogen-bond donors (Lipinski definition) is 1. The SMILES string of the molecule is CC(C)(O)CN1CC2CCCC(C2)C1. The van der Waals surface area contributed by atoms with Crippen molar-refractivity contribution < 1.29 is 5.11 Å². The summed E-state index contributed by atoms with van der Waals surface area (Å²) in [5.41, 5.74) is -0.522. The van der Waals surface area contributed by atoms with Crippen molar-refractivity contribution in [3.8, 4) is 0 Å². The predicted octanol–water partition coefficient (Wildman–Crippen LogP) is 1.88. The first-order chi connectivity index (χ1) is 6.53. The summed E-state index contributed by atoms with van der Waals surface area (Å²) in [5, 5.41) is 9.79. The molecule has 2 aliphatic rings. The van der Waals surface area contributed by atoms with Gasteiger partial charge < -0.3 is 5.11 Å². The number of piperidine rings is 1. The number of fused-ring (bicyclic) bond motifs is 2. The van der Waals surface area contributed by atoms with Crippen molar-refractivity contribution in [2.45, 2.75) is 45.1 Å². The van der Waals surface area contributed by atoms with Crippen LogP contribution in [-0.2, 0) is 0 Å². The summed E-state index contributed by atoms with van der Waals surface area (Å²) in [6.07, 6.45) is 5.71. The van der Waals surface area contributed by atoms with Crippen LogP contribution in [0.1, 0.15) is 39.5 Å². The highest BCUT2D eigenvalue weighted by Gasteiger charge is 2.32. The first kappa shape index (κ1) is 10.4. The minimum Gasteiger partial charge on any atom is -0.389 e. The Bertz CT molecular complexity index is 185. The molecule has 1 saturated heterocycles. The molecule has 0 spiro atoms. The fourth-order valence-electron chi connectivity index (χ4n) is 3.22. The van der Waals surface area contributed by atoms with E-state index in [0.717, 1.165) is 18.4 Å². The summed E-state index contributed by atoms with van der Waals surface area (Å²) in [6.45, 7) is 7.12. The number of nitrogens with zero attached hydrogens (tertiary/aromatic N) is 1. The summed E-state index contributed by atoms with van der Waals surface area (Å²) < 4.78 is 0. The number of β-amino-alcohol motifs (C(OH)–C–C–N with tert-alkyl or cyclic N) is 1. The van der Waals surface area contributed by atoms with E-state index in [1.165, 1.54) is 38.8 Å². The van der Waals surface area contributed by atoms with Crippen molar-refractivity contribution >= 4 is 0 Å². The Labute approximate surface area is 87.3 Å². The van der Waals surface area contributed by atoms with Gasteiger partial charge in [0.15, 0.2) is 0 Å². The zero-order chi connectivity index (χ0) is 10.2. The highest BCUT2D eigenvalue weighted by atomic mass is 16.3. The average Bonchev–Trinajstić information content (AvgIpc) is 1.99. The molecule has 82 valence electrons. The van der Waals surface area contributed by atoms with Crippen molar-refractivity contribution in [2.75, 3.05) is 19.6 Å². The van der Waals surface area contributed by atoms with E-state index >= 15 is 0 Å². The van der Waals surface area contributed by atoms with Crippen molar-refractivity contribution in [1.82, 2.24) is 4.90 Å². The summed E-state index contributed by atoms with van der Waals surface area (Å²) in [7, 11) is 0. The van der Waals surface area contributed by atoms with Crippen LogP contribution in [0.25, 0.3) is 0 Å². The predicted molar refractivity (Wildman–Crippen MR) is 58.2 cm³/mol. The molecule has 2 fully saturated rings. The third-order valence-corrected chi connectivity index (χ3v) is 3.53. The van der Waals surface area contributed by atoms with Gasteiger partial charge in [0, 0.05) is 19.6 Å². The highest BCUT2D eigenvalue weighted by molar-refractivity contribution is 4.85. The maximum Gasteiger partial charge on any atom is 0.0718 e. The van der Waals surface area contributed by atoms with Gasteiger partial charge in [-0.2, -0.15) is 0 Å². The quantitative estimate of drug-likeness (QED) is 0.730. The van der Waals surface area contributed by atoms with Crippen molar-refractivity contribution in [1.29, 1.82) is 0 Å². The first-order valence-electron chi connectivity index (χ1n) is 5.98. The molecule has 1 N–H and O–H groups in total. The molecule has 14 heavy (non-hydrogen) atoms. The lowest BCUT2D eigenvalue weighted by molar-refractivity contribution is 0.0000789. The van der Waals surface area contributed by atoms with E-state index in [1.807, 2.05) is 13.8 Å². The molecular formula is C12H23NO. The van der Waals surface area contributed by atoms with Gasteiger partial charge in [-0.25, -0.2) is 0 Å². The maximum absolute atomic E-state index is 9.79. The average molecular weight is 197 g/mol. The largest absolute Gasteiger partial charge is 0.389 e.